The summed E-state index contributed by atoms with van der Waals surface area (Å²) < 4.78 is 0. The zero-order valence-corrected chi connectivity index (χ0v) is 9.07. The van der Waals surface area contributed by atoms with E-state index >= 15 is 0 Å². The SMILES string of the molecule is NC1(c2csc(-c3cscn3)n2)CC1. The smallest absolute Gasteiger partial charge is 0.143 e. The van der Waals surface area contributed by atoms with Gasteiger partial charge in [0.25, 0.3) is 0 Å². The van der Waals surface area contributed by atoms with Gasteiger partial charge in [0, 0.05) is 10.8 Å². The molecular weight excluding hydrogens is 214 g/mol. The number of nitrogens with two attached hydrogens (primary N) is 1. The van der Waals surface area contributed by atoms with Crippen molar-refractivity contribution in [3.8, 4) is 10.7 Å². The van der Waals surface area contributed by atoms with Crippen molar-refractivity contribution in [2.75, 3.05) is 0 Å². The van der Waals surface area contributed by atoms with E-state index in [4.69, 9.17) is 5.73 Å². The molecule has 1 fully saturated rings. The first-order valence-electron chi connectivity index (χ1n) is 4.41. The molecule has 0 unspecified atom stereocenters. The van der Waals surface area contributed by atoms with E-state index in [-0.39, 0.29) is 5.54 Å². The zero-order valence-electron chi connectivity index (χ0n) is 7.43. The predicted octanol–water partition coefficient (Wildman–Crippen LogP) is 2.21. The molecule has 0 aliphatic heterocycles. The fraction of sp³-hybridized carbons (Fsp3) is 0.333. The van der Waals surface area contributed by atoms with Crippen molar-refractivity contribution in [1.29, 1.82) is 0 Å². The normalized spacial score (nSPS) is 18.4. The summed E-state index contributed by atoms with van der Waals surface area (Å²) in [5.74, 6) is 0. The van der Waals surface area contributed by atoms with Crippen LogP contribution < -0.4 is 5.73 Å². The Hall–Kier alpha value is -0.780. The average Bonchev–Trinajstić information content (AvgIpc) is 2.73. The molecule has 2 N–H and O–H groups in total. The second-order valence-electron chi connectivity index (χ2n) is 3.57. The third-order valence-corrected chi connectivity index (χ3v) is 3.91. The molecule has 5 heteroatoms. The maximum atomic E-state index is 6.06. The molecule has 3 nitrogen and oxygen atoms in total. The lowest BCUT2D eigenvalue weighted by molar-refractivity contribution is 0.715. The first-order valence-corrected chi connectivity index (χ1v) is 6.24. The van der Waals surface area contributed by atoms with Crippen molar-refractivity contribution in [1.82, 2.24) is 9.97 Å². The van der Waals surface area contributed by atoms with Gasteiger partial charge in [0.15, 0.2) is 0 Å². The molecule has 1 aliphatic rings. The number of hydrogen-bond donors (Lipinski definition) is 1. The number of nitrogens with zero attached hydrogens (tertiary/aromatic N) is 2. The van der Waals surface area contributed by atoms with Crippen LogP contribution in [0.3, 0.4) is 0 Å². The molecule has 0 spiro atoms. The highest BCUT2D eigenvalue weighted by atomic mass is 32.1. The molecule has 3 rings (SSSR count). The molecule has 0 amide bonds. The molecule has 72 valence electrons. The quantitative estimate of drug-likeness (QED) is 0.849. The second kappa shape index (κ2) is 2.85. The van der Waals surface area contributed by atoms with Gasteiger partial charge in [-0.2, -0.15) is 0 Å². The van der Waals surface area contributed by atoms with Crippen molar-refractivity contribution in [3.63, 3.8) is 0 Å². The van der Waals surface area contributed by atoms with Crippen LogP contribution in [0.1, 0.15) is 18.5 Å². The van der Waals surface area contributed by atoms with E-state index < -0.39 is 0 Å². The maximum absolute atomic E-state index is 6.06. The molecule has 2 aromatic rings. The molecule has 2 aromatic heterocycles. The summed E-state index contributed by atoms with van der Waals surface area (Å²) in [5.41, 5.74) is 9.77. The lowest BCUT2D eigenvalue weighted by Crippen LogP contribution is -2.18. The first-order chi connectivity index (χ1) is 6.78. The molecule has 0 bridgehead atoms. The zero-order chi connectivity index (χ0) is 9.60. The Morgan fingerprint density at radius 3 is 2.86 bits per heavy atom. The van der Waals surface area contributed by atoms with Crippen molar-refractivity contribution in [3.05, 3.63) is 22.0 Å². The van der Waals surface area contributed by atoms with Crippen molar-refractivity contribution in [2.24, 2.45) is 5.73 Å². The summed E-state index contributed by atoms with van der Waals surface area (Å²) in [4.78, 5) is 8.75. The van der Waals surface area contributed by atoms with E-state index in [0.717, 1.165) is 29.2 Å². The molecule has 0 radical (unpaired) electrons. The first kappa shape index (κ1) is 8.52. The van der Waals surface area contributed by atoms with E-state index in [0.29, 0.717) is 0 Å². The van der Waals surface area contributed by atoms with Gasteiger partial charge in [0.1, 0.15) is 10.7 Å². The van der Waals surface area contributed by atoms with Crippen LogP contribution in [-0.2, 0) is 5.54 Å². The Bertz CT molecular complexity index is 442. The summed E-state index contributed by atoms with van der Waals surface area (Å²) in [6.07, 6.45) is 2.13. The minimum atomic E-state index is -0.120. The molecule has 0 atom stereocenters. The predicted molar refractivity (Wildman–Crippen MR) is 58.3 cm³/mol. The third kappa shape index (κ3) is 1.28. The Balaban J connectivity index is 1.98. The summed E-state index contributed by atoms with van der Waals surface area (Å²) in [6.45, 7) is 0. The van der Waals surface area contributed by atoms with Crippen LogP contribution in [0.4, 0.5) is 0 Å². The highest BCUT2D eigenvalue weighted by Gasteiger charge is 2.42. The Morgan fingerprint density at radius 1 is 1.36 bits per heavy atom. The Kier molecular flexibility index (Phi) is 1.74. The molecule has 2 heterocycles. The van der Waals surface area contributed by atoms with Gasteiger partial charge in [-0.25, -0.2) is 9.97 Å². The van der Waals surface area contributed by atoms with Crippen molar-refractivity contribution in [2.45, 2.75) is 18.4 Å². The minimum absolute atomic E-state index is 0.120. The van der Waals surface area contributed by atoms with Crippen LogP contribution in [0.2, 0.25) is 0 Å². The highest BCUT2D eigenvalue weighted by molar-refractivity contribution is 7.13. The average molecular weight is 223 g/mol. The fourth-order valence-corrected chi connectivity index (χ4v) is 2.83. The minimum Gasteiger partial charge on any atom is -0.320 e. The van der Waals surface area contributed by atoms with Crippen LogP contribution in [0.25, 0.3) is 10.7 Å². The largest absolute Gasteiger partial charge is 0.320 e. The summed E-state index contributed by atoms with van der Waals surface area (Å²) >= 11 is 3.22. The lowest BCUT2D eigenvalue weighted by Gasteiger charge is -2.01. The number of rotatable bonds is 2. The molecule has 1 aliphatic carbocycles. The van der Waals surface area contributed by atoms with Crippen molar-refractivity contribution < 1.29 is 0 Å². The van der Waals surface area contributed by atoms with E-state index in [1.165, 1.54) is 0 Å². The van der Waals surface area contributed by atoms with Gasteiger partial charge in [-0.05, 0) is 12.8 Å². The molecule has 0 saturated heterocycles. The van der Waals surface area contributed by atoms with E-state index in [1.54, 1.807) is 22.7 Å². The number of aromatic nitrogens is 2. The van der Waals surface area contributed by atoms with E-state index in [9.17, 15) is 0 Å². The van der Waals surface area contributed by atoms with Gasteiger partial charge in [0.05, 0.1) is 16.7 Å². The molecule has 1 saturated carbocycles. The molecular formula is C9H9N3S2. The van der Waals surface area contributed by atoms with Crippen LogP contribution in [0.15, 0.2) is 16.3 Å². The maximum Gasteiger partial charge on any atom is 0.143 e. The number of thiazole rings is 2. The molecule has 0 aromatic carbocycles. The lowest BCUT2D eigenvalue weighted by atomic mass is 10.2. The monoisotopic (exact) mass is 223 g/mol. The highest BCUT2D eigenvalue weighted by Crippen LogP contribution is 2.43. The Morgan fingerprint density at radius 2 is 2.21 bits per heavy atom. The standard InChI is InChI=1S/C9H9N3S2/c10-9(1-2-9)7-4-14-8(12-7)6-3-13-5-11-6/h3-5H,1-2,10H2. The van der Waals surface area contributed by atoms with Gasteiger partial charge < -0.3 is 5.73 Å². The van der Waals surface area contributed by atoms with Gasteiger partial charge >= 0.3 is 0 Å². The second-order valence-corrected chi connectivity index (χ2v) is 5.14. The van der Waals surface area contributed by atoms with Crippen LogP contribution in [-0.4, -0.2) is 9.97 Å². The van der Waals surface area contributed by atoms with Crippen LogP contribution in [0.5, 0.6) is 0 Å². The van der Waals surface area contributed by atoms with Crippen molar-refractivity contribution >= 4 is 22.7 Å². The van der Waals surface area contributed by atoms with Gasteiger partial charge in [-0.3, -0.25) is 0 Å². The topological polar surface area (TPSA) is 51.8 Å². The Labute approximate surface area is 89.6 Å². The summed E-state index contributed by atoms with van der Waals surface area (Å²) in [5, 5.41) is 5.05. The molecule has 14 heavy (non-hydrogen) atoms. The van der Waals surface area contributed by atoms with Gasteiger partial charge in [-0.15, -0.1) is 22.7 Å². The summed E-state index contributed by atoms with van der Waals surface area (Å²) in [7, 11) is 0. The third-order valence-electron chi connectivity index (χ3n) is 2.45. The van der Waals surface area contributed by atoms with Gasteiger partial charge in [0.2, 0.25) is 0 Å². The fourth-order valence-electron chi connectivity index (χ4n) is 1.33. The van der Waals surface area contributed by atoms with Crippen LogP contribution in [0, 0.1) is 0 Å². The van der Waals surface area contributed by atoms with Crippen LogP contribution >= 0.6 is 22.7 Å². The van der Waals surface area contributed by atoms with E-state index in [1.807, 2.05) is 10.9 Å². The summed E-state index contributed by atoms with van der Waals surface area (Å²) in [6, 6.07) is 0. The van der Waals surface area contributed by atoms with E-state index in [2.05, 4.69) is 15.3 Å². The number of hydrogen-bond acceptors (Lipinski definition) is 5. The van der Waals surface area contributed by atoms with Gasteiger partial charge in [-0.1, -0.05) is 0 Å².